The number of benzene rings is 2. The van der Waals surface area contributed by atoms with Crippen LogP contribution < -0.4 is 14.4 Å². The summed E-state index contributed by atoms with van der Waals surface area (Å²) in [5.41, 5.74) is 1.000. The molecule has 0 radical (unpaired) electrons. The first-order chi connectivity index (χ1) is 15.2. The molecule has 0 bridgehead atoms. The third kappa shape index (κ3) is 5.18. The van der Waals surface area contributed by atoms with Crippen molar-refractivity contribution >= 4 is 38.6 Å². The van der Waals surface area contributed by atoms with E-state index in [0.29, 0.717) is 29.0 Å². The quantitative estimate of drug-likeness (QED) is 0.285. The number of para-hydroxylation sites is 2. The van der Waals surface area contributed by atoms with Crippen molar-refractivity contribution in [2.75, 3.05) is 18.1 Å². The van der Waals surface area contributed by atoms with Gasteiger partial charge in [0.1, 0.15) is 12.4 Å². The topological polar surface area (TPSA) is 51.7 Å². The van der Waals surface area contributed by atoms with Gasteiger partial charge in [-0.1, -0.05) is 37.6 Å². The van der Waals surface area contributed by atoms with E-state index in [1.807, 2.05) is 36.4 Å². The summed E-state index contributed by atoms with van der Waals surface area (Å²) in [7, 11) is 0. The minimum atomic E-state index is -0.235. The van der Waals surface area contributed by atoms with Crippen molar-refractivity contribution in [3.8, 4) is 11.5 Å². The van der Waals surface area contributed by atoms with Gasteiger partial charge in [0.05, 0.1) is 16.0 Å². The average Bonchev–Trinajstić information content (AvgIpc) is 3.26. The number of anilines is 1. The lowest BCUT2D eigenvalue weighted by Gasteiger charge is -2.26. The lowest BCUT2D eigenvalue weighted by atomic mass is 10.2. The highest BCUT2D eigenvalue weighted by molar-refractivity contribution is 9.10. The van der Waals surface area contributed by atoms with Gasteiger partial charge < -0.3 is 14.4 Å². The molecule has 0 saturated carbocycles. The first kappa shape index (κ1) is 21.6. The standard InChI is InChI=1S/C25H27BrN2O3/c1-2-3-13-24(29)31-25-20(26)10-6-12-22(25)30-17-19-9-7-16-28(19)23-15-14-18-8-4-5-11-21(18)27-23/h4-6,8,10-12,14-15,19H,2-3,7,9,13,16-17H2,1H3/t19-/m0/s1. The second-order valence-electron chi connectivity index (χ2n) is 7.81. The Bertz CT molecular complexity index is 1060. The summed E-state index contributed by atoms with van der Waals surface area (Å²) >= 11 is 3.49. The van der Waals surface area contributed by atoms with Crippen LogP contribution in [0.3, 0.4) is 0 Å². The van der Waals surface area contributed by atoms with E-state index in [0.717, 1.165) is 48.9 Å². The van der Waals surface area contributed by atoms with Gasteiger partial charge in [-0.15, -0.1) is 0 Å². The van der Waals surface area contributed by atoms with E-state index in [1.54, 1.807) is 0 Å². The van der Waals surface area contributed by atoms with Crippen LogP contribution in [-0.4, -0.2) is 30.1 Å². The Morgan fingerprint density at radius 3 is 2.90 bits per heavy atom. The second-order valence-corrected chi connectivity index (χ2v) is 8.66. The smallest absolute Gasteiger partial charge is 0.311 e. The Labute approximate surface area is 191 Å². The summed E-state index contributed by atoms with van der Waals surface area (Å²) in [6, 6.07) is 18.2. The number of hydrogen-bond acceptors (Lipinski definition) is 5. The van der Waals surface area contributed by atoms with Crippen LogP contribution >= 0.6 is 15.9 Å². The SMILES string of the molecule is CCCCC(=O)Oc1c(Br)cccc1OC[C@@H]1CCCN1c1ccc2ccccc2n1. The molecule has 0 N–H and O–H groups in total. The summed E-state index contributed by atoms with van der Waals surface area (Å²) in [5, 5.41) is 1.14. The number of pyridine rings is 1. The number of aromatic nitrogens is 1. The number of fused-ring (bicyclic) bond motifs is 1. The fraction of sp³-hybridized carbons (Fsp3) is 0.360. The number of ether oxygens (including phenoxy) is 2. The van der Waals surface area contributed by atoms with Gasteiger partial charge in [-0.2, -0.15) is 0 Å². The van der Waals surface area contributed by atoms with Crippen molar-refractivity contribution in [2.45, 2.75) is 45.1 Å². The number of esters is 1. The van der Waals surface area contributed by atoms with Gasteiger partial charge in [-0.25, -0.2) is 4.98 Å². The normalized spacial score (nSPS) is 15.9. The molecule has 1 atom stereocenters. The highest BCUT2D eigenvalue weighted by Gasteiger charge is 2.27. The zero-order valence-electron chi connectivity index (χ0n) is 17.7. The van der Waals surface area contributed by atoms with E-state index in [1.165, 1.54) is 0 Å². The number of unbranched alkanes of at least 4 members (excludes halogenated alkanes) is 1. The maximum Gasteiger partial charge on any atom is 0.311 e. The number of carbonyl (C=O) groups excluding carboxylic acids is 1. The largest absolute Gasteiger partial charge is 0.487 e. The van der Waals surface area contributed by atoms with Crippen LogP contribution in [0.5, 0.6) is 11.5 Å². The minimum absolute atomic E-state index is 0.219. The van der Waals surface area contributed by atoms with Gasteiger partial charge in [-0.05, 0) is 65.5 Å². The van der Waals surface area contributed by atoms with Crippen molar-refractivity contribution < 1.29 is 14.3 Å². The van der Waals surface area contributed by atoms with E-state index in [4.69, 9.17) is 14.5 Å². The van der Waals surface area contributed by atoms with Gasteiger partial charge >= 0.3 is 5.97 Å². The van der Waals surface area contributed by atoms with Crippen molar-refractivity contribution in [1.29, 1.82) is 0 Å². The van der Waals surface area contributed by atoms with Crippen LogP contribution in [0.4, 0.5) is 5.82 Å². The molecule has 0 amide bonds. The van der Waals surface area contributed by atoms with E-state index in [9.17, 15) is 4.79 Å². The molecule has 0 aliphatic carbocycles. The van der Waals surface area contributed by atoms with Gasteiger partial charge in [0.2, 0.25) is 0 Å². The maximum atomic E-state index is 12.2. The first-order valence-corrected chi connectivity index (χ1v) is 11.7. The summed E-state index contributed by atoms with van der Waals surface area (Å²) in [6.45, 7) is 3.51. The van der Waals surface area contributed by atoms with E-state index in [-0.39, 0.29) is 12.0 Å². The Hall–Kier alpha value is -2.60. The Kier molecular flexibility index (Phi) is 7.07. The molecule has 3 aromatic rings. The molecule has 162 valence electrons. The van der Waals surface area contributed by atoms with E-state index >= 15 is 0 Å². The Morgan fingerprint density at radius 2 is 2.03 bits per heavy atom. The predicted octanol–water partition coefficient (Wildman–Crippen LogP) is 6.14. The highest BCUT2D eigenvalue weighted by Crippen LogP contribution is 2.36. The molecule has 31 heavy (non-hydrogen) atoms. The third-order valence-electron chi connectivity index (χ3n) is 5.57. The average molecular weight is 483 g/mol. The number of rotatable bonds is 8. The van der Waals surface area contributed by atoms with Crippen molar-refractivity contribution in [2.24, 2.45) is 0 Å². The number of carbonyl (C=O) groups is 1. The van der Waals surface area contributed by atoms with Crippen LogP contribution in [0.1, 0.15) is 39.0 Å². The van der Waals surface area contributed by atoms with Crippen molar-refractivity contribution in [3.05, 3.63) is 59.1 Å². The Balaban J connectivity index is 1.47. The highest BCUT2D eigenvalue weighted by atomic mass is 79.9. The Morgan fingerprint density at radius 1 is 1.16 bits per heavy atom. The minimum Gasteiger partial charge on any atom is -0.487 e. The molecule has 0 unspecified atom stereocenters. The van der Waals surface area contributed by atoms with Gasteiger partial charge in [0, 0.05) is 18.4 Å². The molecule has 5 nitrogen and oxygen atoms in total. The number of halogens is 1. The zero-order valence-corrected chi connectivity index (χ0v) is 19.3. The molecule has 1 fully saturated rings. The van der Waals surface area contributed by atoms with Gasteiger partial charge in [0.25, 0.3) is 0 Å². The fourth-order valence-electron chi connectivity index (χ4n) is 3.90. The number of hydrogen-bond donors (Lipinski definition) is 0. The van der Waals surface area contributed by atoms with E-state index in [2.05, 4.69) is 46.0 Å². The van der Waals surface area contributed by atoms with E-state index < -0.39 is 0 Å². The molecule has 0 spiro atoms. The summed E-state index contributed by atoms with van der Waals surface area (Å²) in [5.74, 6) is 1.78. The molecule has 1 aromatic heterocycles. The summed E-state index contributed by atoms with van der Waals surface area (Å²) in [6.07, 6.45) is 4.30. The molecular formula is C25H27BrN2O3. The van der Waals surface area contributed by atoms with Gasteiger partial charge in [0.15, 0.2) is 11.5 Å². The molecule has 2 heterocycles. The third-order valence-corrected chi connectivity index (χ3v) is 6.19. The molecule has 4 rings (SSSR count). The fourth-order valence-corrected chi connectivity index (χ4v) is 4.33. The van der Waals surface area contributed by atoms with Crippen LogP contribution in [-0.2, 0) is 4.79 Å². The maximum absolute atomic E-state index is 12.2. The monoisotopic (exact) mass is 482 g/mol. The van der Waals surface area contributed by atoms with Crippen LogP contribution in [0.2, 0.25) is 0 Å². The molecule has 1 aliphatic heterocycles. The first-order valence-electron chi connectivity index (χ1n) is 10.9. The van der Waals surface area contributed by atoms with Crippen LogP contribution in [0.15, 0.2) is 59.1 Å². The molecular weight excluding hydrogens is 456 g/mol. The zero-order chi connectivity index (χ0) is 21.6. The summed E-state index contributed by atoms with van der Waals surface area (Å²) in [4.78, 5) is 19.3. The number of nitrogens with zero attached hydrogens (tertiary/aromatic N) is 2. The predicted molar refractivity (Wildman–Crippen MR) is 127 cm³/mol. The van der Waals surface area contributed by atoms with Crippen molar-refractivity contribution in [1.82, 2.24) is 4.98 Å². The van der Waals surface area contributed by atoms with Crippen LogP contribution in [0.25, 0.3) is 10.9 Å². The molecule has 2 aromatic carbocycles. The summed E-state index contributed by atoms with van der Waals surface area (Å²) < 4.78 is 12.5. The lowest BCUT2D eigenvalue weighted by molar-refractivity contribution is -0.134. The van der Waals surface area contributed by atoms with Crippen LogP contribution in [0, 0.1) is 0 Å². The lowest BCUT2D eigenvalue weighted by Crippen LogP contribution is -2.34. The van der Waals surface area contributed by atoms with Crippen molar-refractivity contribution in [3.63, 3.8) is 0 Å². The van der Waals surface area contributed by atoms with Gasteiger partial charge in [-0.3, -0.25) is 4.79 Å². The second kappa shape index (κ2) is 10.1. The molecule has 1 aliphatic rings. The molecule has 1 saturated heterocycles. The molecule has 6 heteroatoms.